The average Bonchev–Trinajstić information content (AvgIpc) is 2.96. The van der Waals surface area contributed by atoms with Crippen LogP contribution in [0.4, 0.5) is 0 Å². The fraction of sp³-hybridized carbons (Fsp3) is 0.474. The lowest BCUT2D eigenvalue weighted by Gasteiger charge is -2.34. The van der Waals surface area contributed by atoms with Gasteiger partial charge in [-0.15, -0.1) is 0 Å². The van der Waals surface area contributed by atoms with Gasteiger partial charge in [-0.25, -0.2) is 4.68 Å². The highest BCUT2D eigenvalue weighted by atomic mass is 16.3. The van der Waals surface area contributed by atoms with Gasteiger partial charge in [0.1, 0.15) is 0 Å². The third-order valence-corrected chi connectivity index (χ3v) is 5.01. The highest BCUT2D eigenvalue weighted by molar-refractivity contribution is 5.95. The van der Waals surface area contributed by atoms with E-state index < -0.39 is 0 Å². The standard InChI is InChI=1S/C19H25N3O2/c1-13-7-4-5-9-18(13)22-14(2)17(11-20-22)19(24)21-10-6-8-16(12-21)15(3)23/h4-5,7,9,11,15-16,23H,6,8,10,12H2,1-3H3. The number of aliphatic hydroxyl groups excluding tert-OH is 1. The lowest BCUT2D eigenvalue weighted by Crippen LogP contribution is -2.43. The summed E-state index contributed by atoms with van der Waals surface area (Å²) in [5.41, 5.74) is 3.61. The lowest BCUT2D eigenvalue weighted by atomic mass is 9.93. The number of carbonyl (C=O) groups excluding carboxylic acids is 1. The molecule has 2 atom stereocenters. The number of rotatable bonds is 3. The minimum Gasteiger partial charge on any atom is -0.393 e. The zero-order valence-corrected chi connectivity index (χ0v) is 14.6. The molecule has 0 aliphatic carbocycles. The normalized spacial score (nSPS) is 19.3. The van der Waals surface area contributed by atoms with Crippen molar-refractivity contribution in [3.05, 3.63) is 47.3 Å². The molecule has 24 heavy (non-hydrogen) atoms. The molecule has 1 amide bonds. The van der Waals surface area contributed by atoms with Gasteiger partial charge < -0.3 is 10.0 Å². The first kappa shape index (κ1) is 16.7. The summed E-state index contributed by atoms with van der Waals surface area (Å²) in [4.78, 5) is 14.8. The van der Waals surface area contributed by atoms with Crippen LogP contribution in [0.5, 0.6) is 0 Å². The van der Waals surface area contributed by atoms with E-state index in [9.17, 15) is 9.90 Å². The molecule has 0 bridgehead atoms. The molecule has 1 aliphatic rings. The van der Waals surface area contributed by atoms with Crippen molar-refractivity contribution in [2.75, 3.05) is 13.1 Å². The predicted octanol–water partition coefficient (Wildman–Crippen LogP) is 2.72. The molecule has 1 aromatic heterocycles. The van der Waals surface area contributed by atoms with Crippen molar-refractivity contribution in [3.8, 4) is 5.69 Å². The summed E-state index contributed by atoms with van der Waals surface area (Å²) < 4.78 is 1.83. The molecule has 0 saturated carbocycles. The first-order chi connectivity index (χ1) is 11.5. The van der Waals surface area contributed by atoms with E-state index in [0.717, 1.165) is 36.3 Å². The molecule has 2 heterocycles. The molecule has 1 aliphatic heterocycles. The molecule has 0 spiro atoms. The molecular weight excluding hydrogens is 302 g/mol. The van der Waals surface area contributed by atoms with E-state index in [1.165, 1.54) is 0 Å². The van der Waals surface area contributed by atoms with Crippen LogP contribution in [-0.2, 0) is 0 Å². The Hall–Kier alpha value is -2.14. The van der Waals surface area contributed by atoms with Gasteiger partial charge in [0.05, 0.1) is 29.2 Å². The monoisotopic (exact) mass is 327 g/mol. The molecule has 1 aromatic carbocycles. The Kier molecular flexibility index (Phi) is 4.71. The number of aryl methyl sites for hydroxylation is 1. The van der Waals surface area contributed by atoms with Crippen LogP contribution < -0.4 is 0 Å². The highest BCUT2D eigenvalue weighted by Gasteiger charge is 2.28. The van der Waals surface area contributed by atoms with Gasteiger partial charge in [-0.2, -0.15) is 5.10 Å². The molecule has 2 aromatic rings. The Morgan fingerprint density at radius 3 is 2.79 bits per heavy atom. The molecule has 128 valence electrons. The number of para-hydroxylation sites is 1. The maximum Gasteiger partial charge on any atom is 0.257 e. The average molecular weight is 327 g/mol. The number of aliphatic hydroxyl groups is 1. The number of hydrogen-bond acceptors (Lipinski definition) is 3. The number of aromatic nitrogens is 2. The quantitative estimate of drug-likeness (QED) is 0.943. The summed E-state index contributed by atoms with van der Waals surface area (Å²) in [6.07, 6.45) is 3.20. The number of carbonyl (C=O) groups is 1. The SMILES string of the molecule is Cc1ccccc1-n1ncc(C(=O)N2CCCC(C(C)O)C2)c1C. The lowest BCUT2D eigenvalue weighted by molar-refractivity contribution is 0.0465. The zero-order chi connectivity index (χ0) is 17.3. The van der Waals surface area contributed by atoms with Crippen LogP contribution in [0.15, 0.2) is 30.5 Å². The maximum atomic E-state index is 12.9. The summed E-state index contributed by atoms with van der Waals surface area (Å²) >= 11 is 0. The van der Waals surface area contributed by atoms with Crippen molar-refractivity contribution in [2.45, 2.75) is 39.7 Å². The Morgan fingerprint density at radius 1 is 1.33 bits per heavy atom. The molecule has 1 saturated heterocycles. The summed E-state index contributed by atoms with van der Waals surface area (Å²) in [5.74, 6) is 0.173. The molecule has 1 N–H and O–H groups in total. The van der Waals surface area contributed by atoms with Crippen LogP contribution in [0.3, 0.4) is 0 Å². The van der Waals surface area contributed by atoms with Gasteiger partial charge in [0, 0.05) is 19.0 Å². The molecule has 3 rings (SSSR count). The Balaban J connectivity index is 1.86. The van der Waals surface area contributed by atoms with Gasteiger partial charge in [-0.3, -0.25) is 4.79 Å². The first-order valence-corrected chi connectivity index (χ1v) is 8.57. The molecule has 5 nitrogen and oxygen atoms in total. The van der Waals surface area contributed by atoms with Crippen molar-refractivity contribution in [1.82, 2.24) is 14.7 Å². The number of nitrogens with zero attached hydrogens (tertiary/aromatic N) is 3. The van der Waals surface area contributed by atoms with Crippen molar-refractivity contribution in [1.29, 1.82) is 0 Å². The smallest absolute Gasteiger partial charge is 0.257 e. The van der Waals surface area contributed by atoms with Crippen molar-refractivity contribution < 1.29 is 9.90 Å². The summed E-state index contributed by atoms with van der Waals surface area (Å²) in [7, 11) is 0. The Morgan fingerprint density at radius 2 is 2.08 bits per heavy atom. The molecule has 2 unspecified atom stereocenters. The van der Waals surface area contributed by atoms with Gasteiger partial charge in [0.15, 0.2) is 0 Å². The summed E-state index contributed by atoms with van der Waals surface area (Å²) in [6, 6.07) is 8.01. The minimum absolute atomic E-state index is 0.0117. The van der Waals surface area contributed by atoms with Crippen molar-refractivity contribution in [3.63, 3.8) is 0 Å². The second kappa shape index (κ2) is 6.77. The van der Waals surface area contributed by atoms with Crippen LogP contribution in [0.25, 0.3) is 5.69 Å². The number of benzene rings is 1. The minimum atomic E-state index is -0.378. The van der Waals surface area contributed by atoms with E-state index in [1.807, 2.05) is 47.7 Å². The second-order valence-electron chi connectivity index (χ2n) is 6.74. The number of piperidine rings is 1. The third kappa shape index (κ3) is 3.08. The summed E-state index contributed by atoms with van der Waals surface area (Å²) in [6.45, 7) is 7.14. The molecule has 5 heteroatoms. The van der Waals surface area contributed by atoms with E-state index in [-0.39, 0.29) is 17.9 Å². The zero-order valence-electron chi connectivity index (χ0n) is 14.6. The Bertz CT molecular complexity index is 736. The van der Waals surface area contributed by atoms with Crippen LogP contribution in [0, 0.1) is 19.8 Å². The first-order valence-electron chi connectivity index (χ1n) is 8.57. The fourth-order valence-electron chi connectivity index (χ4n) is 3.42. The highest BCUT2D eigenvalue weighted by Crippen LogP contribution is 2.23. The van der Waals surface area contributed by atoms with E-state index in [1.54, 1.807) is 13.1 Å². The van der Waals surface area contributed by atoms with E-state index >= 15 is 0 Å². The Labute approximate surface area is 142 Å². The van der Waals surface area contributed by atoms with Gasteiger partial charge in [-0.05, 0) is 45.2 Å². The predicted molar refractivity (Wildman–Crippen MR) is 93.3 cm³/mol. The van der Waals surface area contributed by atoms with Gasteiger partial charge >= 0.3 is 0 Å². The molecule has 1 fully saturated rings. The number of likely N-dealkylation sites (tertiary alicyclic amines) is 1. The van der Waals surface area contributed by atoms with E-state index in [0.29, 0.717) is 12.1 Å². The topological polar surface area (TPSA) is 58.4 Å². The van der Waals surface area contributed by atoms with Crippen LogP contribution >= 0.6 is 0 Å². The fourth-order valence-corrected chi connectivity index (χ4v) is 3.42. The van der Waals surface area contributed by atoms with Crippen LogP contribution in [0.1, 0.15) is 41.4 Å². The molecule has 0 radical (unpaired) electrons. The third-order valence-electron chi connectivity index (χ3n) is 5.01. The van der Waals surface area contributed by atoms with Crippen molar-refractivity contribution in [2.24, 2.45) is 5.92 Å². The largest absolute Gasteiger partial charge is 0.393 e. The second-order valence-corrected chi connectivity index (χ2v) is 6.74. The maximum absolute atomic E-state index is 12.9. The van der Waals surface area contributed by atoms with E-state index in [4.69, 9.17) is 0 Å². The summed E-state index contributed by atoms with van der Waals surface area (Å²) in [5, 5.41) is 14.3. The van der Waals surface area contributed by atoms with Gasteiger partial charge in [0.2, 0.25) is 0 Å². The van der Waals surface area contributed by atoms with Crippen molar-refractivity contribution >= 4 is 5.91 Å². The van der Waals surface area contributed by atoms with E-state index in [2.05, 4.69) is 5.10 Å². The van der Waals surface area contributed by atoms with Gasteiger partial charge in [-0.1, -0.05) is 18.2 Å². The number of hydrogen-bond donors (Lipinski definition) is 1. The van der Waals surface area contributed by atoms with Crippen LogP contribution in [0.2, 0.25) is 0 Å². The number of amides is 1. The van der Waals surface area contributed by atoms with Crippen LogP contribution in [-0.4, -0.2) is 44.9 Å². The van der Waals surface area contributed by atoms with Gasteiger partial charge in [0.25, 0.3) is 5.91 Å². The molecular formula is C19H25N3O2.